The summed E-state index contributed by atoms with van der Waals surface area (Å²) in [6, 6.07) is 0. The van der Waals surface area contributed by atoms with Crippen LogP contribution >= 0.6 is 0 Å². The van der Waals surface area contributed by atoms with E-state index in [1.165, 1.54) is 14.0 Å². The number of carbonyl (C=O) groups excluding carboxylic acids is 2. The predicted molar refractivity (Wildman–Crippen MR) is 152 cm³/mol. The second-order valence-electron chi connectivity index (χ2n) is 15.2. The molecule has 2 unspecified atom stereocenters. The van der Waals surface area contributed by atoms with Crippen LogP contribution in [0.4, 0.5) is 0 Å². The van der Waals surface area contributed by atoms with E-state index in [0.717, 1.165) is 51.4 Å². The lowest BCUT2D eigenvalue weighted by atomic mass is 9.43. The predicted octanol–water partition coefficient (Wildman–Crippen LogP) is 6.37. The summed E-state index contributed by atoms with van der Waals surface area (Å²) in [6.07, 6.45) is 8.25. The molecule has 222 valence electrons. The minimum atomic E-state index is -1.20. The number of methoxy groups -OCH3 is 1. The molecule has 4 aliphatic carbocycles. The molecule has 8 atom stereocenters. The fourth-order valence-corrected chi connectivity index (χ4v) is 10.1. The van der Waals surface area contributed by atoms with Crippen molar-refractivity contribution >= 4 is 11.9 Å². The van der Waals surface area contributed by atoms with Crippen molar-refractivity contribution in [2.24, 2.45) is 39.4 Å². The molecule has 2 fully saturated rings. The molecular weight excluding hydrogens is 492 g/mol. The van der Waals surface area contributed by atoms with Gasteiger partial charge in [-0.25, -0.2) is 0 Å². The molecule has 2 saturated carbocycles. The van der Waals surface area contributed by atoms with Crippen LogP contribution in [0.1, 0.15) is 120 Å². The van der Waals surface area contributed by atoms with E-state index in [0.29, 0.717) is 18.8 Å². The Balaban J connectivity index is 1.65. The van der Waals surface area contributed by atoms with Crippen LogP contribution in [0.2, 0.25) is 0 Å². The maximum atomic E-state index is 13.2. The highest BCUT2D eigenvalue weighted by molar-refractivity contribution is 5.73. The number of carbonyl (C=O) groups is 2. The van der Waals surface area contributed by atoms with Crippen molar-refractivity contribution < 1.29 is 29.3 Å². The molecule has 0 aromatic rings. The molecule has 2 N–H and O–H groups in total. The molecule has 0 aliphatic heterocycles. The molecule has 0 saturated heterocycles. The fraction of sp³-hybridized carbons (Fsp3) is 0.879. The Kier molecular flexibility index (Phi) is 7.95. The summed E-state index contributed by atoms with van der Waals surface area (Å²) in [7, 11) is 1.47. The molecule has 0 aromatic carbocycles. The summed E-state index contributed by atoms with van der Waals surface area (Å²) >= 11 is 0. The van der Waals surface area contributed by atoms with Crippen molar-refractivity contribution in [2.75, 3.05) is 7.11 Å². The Morgan fingerprint density at radius 2 is 1.64 bits per heavy atom. The van der Waals surface area contributed by atoms with Crippen LogP contribution in [-0.4, -0.2) is 47.1 Å². The monoisotopic (exact) mass is 546 g/mol. The van der Waals surface area contributed by atoms with E-state index >= 15 is 0 Å². The van der Waals surface area contributed by atoms with Gasteiger partial charge in [0.25, 0.3) is 0 Å². The van der Waals surface area contributed by atoms with Crippen molar-refractivity contribution in [1.82, 2.24) is 0 Å². The highest BCUT2D eigenvalue weighted by Gasteiger charge is 2.64. The third-order valence-electron chi connectivity index (χ3n) is 12.6. The van der Waals surface area contributed by atoms with Crippen molar-refractivity contribution in [2.45, 2.75) is 137 Å². The summed E-state index contributed by atoms with van der Waals surface area (Å²) < 4.78 is 11.2. The van der Waals surface area contributed by atoms with Crippen LogP contribution in [0.5, 0.6) is 0 Å². The zero-order chi connectivity index (χ0) is 29.2. The fourth-order valence-electron chi connectivity index (χ4n) is 10.1. The maximum absolute atomic E-state index is 13.2. The zero-order valence-corrected chi connectivity index (χ0v) is 26.0. The highest BCUT2D eigenvalue weighted by atomic mass is 16.5. The molecule has 0 heterocycles. The standard InChI is InChI=1S/C33H54O6/c1-20(34)39-27-16-17-31(6)23-15-19-32(7)22(21(28(36)38-9)10-13-26(35)30(4,5)37)14-18-33(32,8)24(23)11-12-25(31)29(27,2)3/h21-22,25-27,35,37H,10-19H2,1-9H3/t21-,22-,25?,26?,27+,31-,32-,33+/m1/s1. The molecule has 4 rings (SSSR count). The van der Waals surface area contributed by atoms with Gasteiger partial charge in [-0.3, -0.25) is 9.59 Å². The molecular formula is C33H54O6. The number of hydrogen-bond acceptors (Lipinski definition) is 6. The lowest BCUT2D eigenvalue weighted by Gasteiger charge is -2.62. The first-order valence-electron chi connectivity index (χ1n) is 15.3. The first kappa shape index (κ1) is 30.6. The number of aliphatic hydroxyl groups excluding tert-OH is 1. The largest absolute Gasteiger partial charge is 0.469 e. The topological polar surface area (TPSA) is 93.1 Å². The van der Waals surface area contributed by atoms with Gasteiger partial charge in [0.1, 0.15) is 6.10 Å². The SMILES string of the molecule is COC(=O)[C@H](CCC(O)C(C)(C)O)[C@H]1CC[C@@]2(C)C3=C(CC[C@]12C)[C@@]1(C)CC[C@H](OC(C)=O)C(C)(C)C1CC3. The van der Waals surface area contributed by atoms with Gasteiger partial charge in [0.15, 0.2) is 0 Å². The summed E-state index contributed by atoms with van der Waals surface area (Å²) in [5.74, 6) is -0.00111. The normalized spacial score (nSPS) is 39.2. The minimum absolute atomic E-state index is 0.0250. The van der Waals surface area contributed by atoms with E-state index in [1.54, 1.807) is 25.0 Å². The van der Waals surface area contributed by atoms with Crippen molar-refractivity contribution in [3.63, 3.8) is 0 Å². The molecule has 4 aliphatic rings. The summed E-state index contributed by atoms with van der Waals surface area (Å²) in [5, 5.41) is 20.8. The minimum Gasteiger partial charge on any atom is -0.469 e. The average Bonchev–Trinajstić information content (AvgIpc) is 3.11. The van der Waals surface area contributed by atoms with Gasteiger partial charge >= 0.3 is 11.9 Å². The van der Waals surface area contributed by atoms with Crippen LogP contribution in [0.25, 0.3) is 0 Å². The molecule has 0 aromatic heterocycles. The molecule has 0 spiro atoms. The van der Waals surface area contributed by atoms with Gasteiger partial charge in [0, 0.05) is 12.3 Å². The van der Waals surface area contributed by atoms with Crippen LogP contribution < -0.4 is 0 Å². The van der Waals surface area contributed by atoms with Crippen LogP contribution in [0.15, 0.2) is 11.1 Å². The van der Waals surface area contributed by atoms with E-state index in [4.69, 9.17) is 9.47 Å². The average molecular weight is 547 g/mol. The van der Waals surface area contributed by atoms with Crippen LogP contribution in [0, 0.1) is 39.4 Å². The summed E-state index contributed by atoms with van der Waals surface area (Å²) in [4.78, 5) is 25.0. The van der Waals surface area contributed by atoms with Crippen LogP contribution in [0.3, 0.4) is 0 Å². The second kappa shape index (κ2) is 10.2. The summed E-state index contributed by atoms with van der Waals surface area (Å²) in [6.45, 7) is 16.7. The molecule has 0 radical (unpaired) electrons. The number of rotatable bonds is 7. The Bertz CT molecular complexity index is 1010. The van der Waals surface area contributed by atoms with Crippen molar-refractivity contribution in [3.8, 4) is 0 Å². The molecule has 39 heavy (non-hydrogen) atoms. The Hall–Kier alpha value is -1.40. The smallest absolute Gasteiger partial charge is 0.308 e. The third kappa shape index (κ3) is 4.79. The maximum Gasteiger partial charge on any atom is 0.308 e. The Labute approximate surface area is 236 Å². The van der Waals surface area contributed by atoms with Crippen molar-refractivity contribution in [3.05, 3.63) is 11.1 Å². The van der Waals surface area contributed by atoms with Gasteiger partial charge in [-0.15, -0.1) is 0 Å². The Morgan fingerprint density at radius 3 is 2.23 bits per heavy atom. The lowest BCUT2D eigenvalue weighted by molar-refractivity contribution is -0.167. The van der Waals surface area contributed by atoms with E-state index in [1.807, 2.05) is 0 Å². The zero-order valence-electron chi connectivity index (χ0n) is 26.0. The summed E-state index contributed by atoms with van der Waals surface area (Å²) in [5.41, 5.74) is 2.12. The quantitative estimate of drug-likeness (QED) is 0.285. The van der Waals surface area contributed by atoms with Gasteiger partial charge in [0.2, 0.25) is 0 Å². The van der Waals surface area contributed by atoms with Gasteiger partial charge in [0.05, 0.1) is 24.7 Å². The van der Waals surface area contributed by atoms with E-state index in [-0.39, 0.29) is 51.5 Å². The van der Waals surface area contributed by atoms with E-state index < -0.39 is 11.7 Å². The van der Waals surface area contributed by atoms with Gasteiger partial charge in [-0.1, -0.05) is 45.8 Å². The number of aliphatic hydroxyl groups is 2. The molecule has 6 heteroatoms. The van der Waals surface area contributed by atoms with E-state index in [9.17, 15) is 19.8 Å². The van der Waals surface area contributed by atoms with Gasteiger partial charge in [-0.05, 0) is 106 Å². The third-order valence-corrected chi connectivity index (χ3v) is 12.6. The molecule has 0 amide bonds. The first-order chi connectivity index (χ1) is 17.9. The van der Waals surface area contributed by atoms with E-state index in [2.05, 4.69) is 34.6 Å². The van der Waals surface area contributed by atoms with Crippen molar-refractivity contribution in [1.29, 1.82) is 0 Å². The highest BCUT2D eigenvalue weighted by Crippen LogP contribution is 2.72. The second-order valence-corrected chi connectivity index (χ2v) is 15.2. The van der Waals surface area contributed by atoms with Crippen LogP contribution in [-0.2, 0) is 19.1 Å². The number of ether oxygens (including phenoxy) is 2. The molecule has 6 nitrogen and oxygen atoms in total. The number of esters is 2. The van der Waals surface area contributed by atoms with Gasteiger partial charge in [-0.2, -0.15) is 0 Å². The number of hydrogen-bond donors (Lipinski definition) is 2. The molecule has 0 bridgehead atoms. The van der Waals surface area contributed by atoms with Gasteiger partial charge < -0.3 is 19.7 Å². The lowest BCUT2D eigenvalue weighted by Crippen LogP contribution is -2.56. The first-order valence-corrected chi connectivity index (χ1v) is 15.3. The number of fused-ring (bicyclic) bond motifs is 4. The Morgan fingerprint density at radius 1 is 0.974 bits per heavy atom. The number of allylic oxidation sites excluding steroid dienone is 2.